The molecule has 5 heteroatoms. The number of carbonyl (C=O) groups is 1. The molecule has 1 N–H and O–H groups in total. The number of hydrogen-bond donors (Lipinski definition) is 1. The summed E-state index contributed by atoms with van der Waals surface area (Å²) in [5.74, 6) is -0.532. The molecule has 0 rings (SSSR count). The Morgan fingerprint density at radius 2 is 2.00 bits per heavy atom. The standard InChI is InChI=1S/C9H16O5/c1-3-12-9(11)8(7-10)5-6-14-13-4-2/h5,10H,3-4,6-7H2,1-2H3/b8-5+. The van der Waals surface area contributed by atoms with E-state index in [1.807, 2.05) is 0 Å². The smallest absolute Gasteiger partial charge is 0.336 e. The zero-order valence-electron chi connectivity index (χ0n) is 8.49. The molecule has 0 aliphatic carbocycles. The van der Waals surface area contributed by atoms with E-state index >= 15 is 0 Å². The van der Waals surface area contributed by atoms with Gasteiger partial charge in [-0.15, -0.1) is 0 Å². The van der Waals surface area contributed by atoms with Crippen LogP contribution in [-0.2, 0) is 19.3 Å². The first kappa shape index (κ1) is 13.1. The molecule has 82 valence electrons. The van der Waals surface area contributed by atoms with Crippen LogP contribution in [0.1, 0.15) is 13.8 Å². The molecule has 0 bridgehead atoms. The molecule has 0 fully saturated rings. The van der Waals surface area contributed by atoms with Crippen molar-refractivity contribution in [1.82, 2.24) is 0 Å². The van der Waals surface area contributed by atoms with Crippen LogP contribution in [0.3, 0.4) is 0 Å². The summed E-state index contributed by atoms with van der Waals surface area (Å²) in [5.41, 5.74) is 0.173. The minimum Gasteiger partial charge on any atom is -0.463 e. The Morgan fingerprint density at radius 1 is 1.29 bits per heavy atom. The van der Waals surface area contributed by atoms with Gasteiger partial charge in [-0.25, -0.2) is 14.6 Å². The van der Waals surface area contributed by atoms with E-state index in [2.05, 4.69) is 14.5 Å². The van der Waals surface area contributed by atoms with Gasteiger partial charge in [-0.05, 0) is 19.9 Å². The largest absolute Gasteiger partial charge is 0.463 e. The first-order valence-electron chi connectivity index (χ1n) is 4.47. The van der Waals surface area contributed by atoms with E-state index in [1.54, 1.807) is 13.8 Å². The average Bonchev–Trinajstić information content (AvgIpc) is 2.18. The Bertz CT molecular complexity index is 188. The number of carbonyl (C=O) groups excluding carboxylic acids is 1. The molecule has 5 nitrogen and oxygen atoms in total. The molecule has 0 aromatic rings. The third-order valence-electron chi connectivity index (χ3n) is 1.31. The second-order valence-electron chi connectivity index (χ2n) is 2.30. The van der Waals surface area contributed by atoms with Crippen molar-refractivity contribution in [3.63, 3.8) is 0 Å². The van der Waals surface area contributed by atoms with Gasteiger partial charge in [-0.3, -0.25) is 0 Å². The molecule has 14 heavy (non-hydrogen) atoms. The molecule has 0 amide bonds. The van der Waals surface area contributed by atoms with Crippen LogP contribution in [0.4, 0.5) is 0 Å². The van der Waals surface area contributed by atoms with Gasteiger partial charge in [0.15, 0.2) is 0 Å². The summed E-state index contributed by atoms with van der Waals surface area (Å²) in [6, 6.07) is 0. The van der Waals surface area contributed by atoms with E-state index < -0.39 is 5.97 Å². The number of rotatable bonds is 7. The van der Waals surface area contributed by atoms with Crippen molar-refractivity contribution in [3.8, 4) is 0 Å². The van der Waals surface area contributed by atoms with E-state index in [-0.39, 0.29) is 25.4 Å². The third-order valence-corrected chi connectivity index (χ3v) is 1.31. The molecular formula is C9H16O5. The lowest BCUT2D eigenvalue weighted by atomic mass is 10.3. The van der Waals surface area contributed by atoms with Gasteiger partial charge in [-0.2, -0.15) is 0 Å². The summed E-state index contributed by atoms with van der Waals surface area (Å²) in [6.45, 7) is 3.94. The van der Waals surface area contributed by atoms with Crippen LogP contribution in [0.2, 0.25) is 0 Å². The minimum atomic E-state index is -0.532. The van der Waals surface area contributed by atoms with Crippen molar-refractivity contribution in [3.05, 3.63) is 11.6 Å². The summed E-state index contributed by atoms with van der Waals surface area (Å²) in [6.07, 6.45) is 1.42. The fourth-order valence-corrected chi connectivity index (χ4v) is 0.702. The molecule has 0 heterocycles. The van der Waals surface area contributed by atoms with Gasteiger partial charge < -0.3 is 9.84 Å². The number of ether oxygens (including phenoxy) is 1. The normalized spacial score (nSPS) is 11.5. The quantitative estimate of drug-likeness (QED) is 0.214. The van der Waals surface area contributed by atoms with Gasteiger partial charge in [0.05, 0.1) is 25.4 Å². The third kappa shape index (κ3) is 5.69. The van der Waals surface area contributed by atoms with Crippen molar-refractivity contribution in [2.45, 2.75) is 13.8 Å². The van der Waals surface area contributed by atoms with Crippen molar-refractivity contribution in [2.24, 2.45) is 0 Å². The zero-order chi connectivity index (χ0) is 10.8. The van der Waals surface area contributed by atoms with Crippen LogP contribution in [0.15, 0.2) is 11.6 Å². The van der Waals surface area contributed by atoms with Crippen LogP contribution in [-0.4, -0.2) is 37.5 Å². The lowest BCUT2D eigenvalue weighted by Gasteiger charge is -2.03. The average molecular weight is 204 g/mol. The molecule has 0 aliphatic rings. The van der Waals surface area contributed by atoms with Gasteiger partial charge >= 0.3 is 5.97 Å². The van der Waals surface area contributed by atoms with Gasteiger partial charge in [0.2, 0.25) is 0 Å². The second kappa shape index (κ2) is 8.68. The van der Waals surface area contributed by atoms with Gasteiger partial charge in [-0.1, -0.05) is 0 Å². The number of esters is 1. The van der Waals surface area contributed by atoms with Crippen molar-refractivity contribution in [2.75, 3.05) is 26.4 Å². The van der Waals surface area contributed by atoms with Crippen molar-refractivity contribution >= 4 is 5.97 Å². The highest BCUT2D eigenvalue weighted by molar-refractivity contribution is 5.88. The lowest BCUT2D eigenvalue weighted by Crippen LogP contribution is -2.11. The van der Waals surface area contributed by atoms with Crippen LogP contribution in [0.25, 0.3) is 0 Å². The predicted molar refractivity (Wildman–Crippen MR) is 49.4 cm³/mol. The van der Waals surface area contributed by atoms with E-state index in [1.165, 1.54) is 6.08 Å². The SMILES string of the molecule is CCOOC/C=C(\CO)C(=O)OCC. The van der Waals surface area contributed by atoms with Gasteiger partial charge in [0.1, 0.15) is 6.61 Å². The van der Waals surface area contributed by atoms with Crippen LogP contribution < -0.4 is 0 Å². The summed E-state index contributed by atoms with van der Waals surface area (Å²) in [4.78, 5) is 20.3. The van der Waals surface area contributed by atoms with Gasteiger partial charge in [0, 0.05) is 0 Å². The first-order chi connectivity index (χ1) is 6.76. The maximum absolute atomic E-state index is 11.1. The van der Waals surface area contributed by atoms with E-state index in [4.69, 9.17) is 5.11 Å². The lowest BCUT2D eigenvalue weighted by molar-refractivity contribution is -0.282. The summed E-state index contributed by atoms with van der Waals surface area (Å²) in [7, 11) is 0. The fraction of sp³-hybridized carbons (Fsp3) is 0.667. The molecule has 0 saturated heterocycles. The molecule has 0 aliphatic heterocycles. The van der Waals surface area contributed by atoms with Crippen molar-refractivity contribution in [1.29, 1.82) is 0 Å². The monoisotopic (exact) mass is 204 g/mol. The first-order valence-corrected chi connectivity index (χ1v) is 4.47. The predicted octanol–water partition coefficient (Wildman–Crippen LogP) is 0.436. The molecule has 0 aromatic heterocycles. The molecule has 0 atom stereocenters. The summed E-state index contributed by atoms with van der Waals surface area (Å²) in [5, 5.41) is 8.81. The number of aliphatic hydroxyl groups is 1. The Morgan fingerprint density at radius 3 is 2.50 bits per heavy atom. The molecular weight excluding hydrogens is 188 g/mol. The van der Waals surface area contributed by atoms with E-state index in [9.17, 15) is 4.79 Å². The van der Waals surface area contributed by atoms with Gasteiger partial charge in [0.25, 0.3) is 0 Å². The second-order valence-corrected chi connectivity index (χ2v) is 2.30. The number of aliphatic hydroxyl groups excluding tert-OH is 1. The maximum Gasteiger partial charge on any atom is 0.336 e. The maximum atomic E-state index is 11.1. The molecule has 0 aromatic carbocycles. The Balaban J connectivity index is 3.91. The highest BCUT2D eigenvalue weighted by Crippen LogP contribution is 1.97. The molecule has 0 radical (unpaired) electrons. The molecule has 0 spiro atoms. The fourth-order valence-electron chi connectivity index (χ4n) is 0.702. The topological polar surface area (TPSA) is 65.0 Å². The Kier molecular flexibility index (Phi) is 8.11. The highest BCUT2D eigenvalue weighted by Gasteiger charge is 2.08. The van der Waals surface area contributed by atoms with E-state index in [0.29, 0.717) is 6.61 Å². The van der Waals surface area contributed by atoms with Crippen LogP contribution >= 0.6 is 0 Å². The Hall–Kier alpha value is -0.910. The van der Waals surface area contributed by atoms with E-state index in [0.717, 1.165) is 0 Å². The van der Waals surface area contributed by atoms with Crippen LogP contribution in [0, 0.1) is 0 Å². The summed E-state index contributed by atoms with van der Waals surface area (Å²) >= 11 is 0. The highest BCUT2D eigenvalue weighted by atomic mass is 17.2. The molecule has 0 saturated carbocycles. The van der Waals surface area contributed by atoms with Crippen molar-refractivity contribution < 1.29 is 24.4 Å². The number of hydrogen-bond acceptors (Lipinski definition) is 5. The Labute approximate surface area is 83.2 Å². The minimum absolute atomic E-state index is 0.114. The summed E-state index contributed by atoms with van der Waals surface area (Å²) < 4.78 is 4.69. The molecule has 0 unspecified atom stereocenters. The van der Waals surface area contributed by atoms with Crippen LogP contribution in [0.5, 0.6) is 0 Å². The zero-order valence-corrected chi connectivity index (χ0v) is 8.49.